The first-order chi connectivity index (χ1) is 14.1. The number of rotatable bonds is 3. The van der Waals surface area contributed by atoms with Gasteiger partial charge in [0.2, 0.25) is 0 Å². The fraction of sp³-hybridized carbons (Fsp3) is 0.500. The van der Waals surface area contributed by atoms with E-state index in [9.17, 15) is 0 Å². The van der Waals surface area contributed by atoms with Crippen molar-refractivity contribution < 1.29 is 0 Å². The molecule has 5 rings (SSSR count). The second-order valence-electron chi connectivity index (χ2n) is 7.96. The van der Waals surface area contributed by atoms with Gasteiger partial charge in [0.25, 0.3) is 0 Å². The molecule has 0 bridgehead atoms. The summed E-state index contributed by atoms with van der Waals surface area (Å²) in [5, 5.41) is 10.4. The summed E-state index contributed by atoms with van der Waals surface area (Å²) in [6.07, 6.45) is 4.97. The predicted molar refractivity (Wildman–Crippen MR) is 121 cm³/mol. The Balaban J connectivity index is 0.000000994. The van der Waals surface area contributed by atoms with Crippen molar-refractivity contribution in [2.45, 2.75) is 78.9 Å². The normalized spacial score (nSPS) is 18.9. The number of nitrogens with zero attached hydrogens (tertiary/aromatic N) is 4. The van der Waals surface area contributed by atoms with Crippen molar-refractivity contribution in [2.75, 3.05) is 0 Å². The maximum Gasteiger partial charge on any atom is 0.155 e. The van der Waals surface area contributed by atoms with Gasteiger partial charge in [0.15, 0.2) is 5.82 Å². The Bertz CT molecular complexity index is 968. The van der Waals surface area contributed by atoms with Crippen molar-refractivity contribution in [3.8, 4) is 5.00 Å². The average Bonchev–Trinajstić information content (AvgIpc) is 3.19. The Kier molecular flexibility index (Phi) is 5.88. The molecule has 0 unspecified atom stereocenters. The first-order valence-corrected chi connectivity index (χ1v) is 11.8. The van der Waals surface area contributed by atoms with Crippen LogP contribution in [0.1, 0.15) is 79.3 Å². The highest BCUT2D eigenvalue weighted by Crippen LogP contribution is 2.42. The Morgan fingerprint density at radius 3 is 2.45 bits per heavy atom. The van der Waals surface area contributed by atoms with Crippen molar-refractivity contribution >= 4 is 11.3 Å². The average molecular weight is 409 g/mol. The Morgan fingerprint density at radius 2 is 1.79 bits per heavy atom. The monoisotopic (exact) mass is 408 g/mol. The molecule has 1 fully saturated rings. The van der Waals surface area contributed by atoms with Crippen molar-refractivity contribution in [2.24, 2.45) is 0 Å². The standard InChI is InChI=1S/C22H26N4S.C2H6/c1-14-21-24-23-16(3)26(21)22-20(13-25(14)18-10-7-11-18)19(15(2)27-22)12-17-8-5-4-6-9-17;1-2/h4-6,8-9,14,18H,7,10-13H2,1-3H3;1-2H3/t14-;/m0./s1. The Hall–Kier alpha value is -1.98. The van der Waals surface area contributed by atoms with E-state index in [0.29, 0.717) is 12.1 Å². The Morgan fingerprint density at radius 1 is 1.07 bits per heavy atom. The van der Waals surface area contributed by atoms with E-state index >= 15 is 0 Å². The van der Waals surface area contributed by atoms with Crippen molar-refractivity contribution in [3.05, 3.63) is 63.5 Å². The van der Waals surface area contributed by atoms with Gasteiger partial charge in [0.1, 0.15) is 10.8 Å². The number of thiophene rings is 1. The lowest BCUT2D eigenvalue weighted by molar-refractivity contribution is 0.0762. The minimum atomic E-state index is 0.306. The van der Waals surface area contributed by atoms with Crippen LogP contribution in [0.2, 0.25) is 0 Å². The largest absolute Gasteiger partial charge is 0.286 e. The molecule has 5 heteroatoms. The summed E-state index contributed by atoms with van der Waals surface area (Å²) >= 11 is 1.91. The van der Waals surface area contributed by atoms with Gasteiger partial charge in [-0.05, 0) is 51.2 Å². The molecule has 3 heterocycles. The van der Waals surface area contributed by atoms with Crippen LogP contribution < -0.4 is 0 Å². The van der Waals surface area contributed by atoms with E-state index < -0.39 is 0 Å². The molecule has 4 nitrogen and oxygen atoms in total. The summed E-state index contributed by atoms with van der Waals surface area (Å²) in [6.45, 7) is 11.7. The lowest BCUT2D eigenvalue weighted by Crippen LogP contribution is -2.41. The van der Waals surface area contributed by atoms with Gasteiger partial charge in [-0.3, -0.25) is 9.47 Å². The Labute approximate surface area is 178 Å². The summed E-state index contributed by atoms with van der Waals surface area (Å²) in [7, 11) is 0. The lowest BCUT2D eigenvalue weighted by atomic mass is 9.89. The van der Waals surface area contributed by atoms with E-state index in [1.165, 1.54) is 45.8 Å². The summed E-state index contributed by atoms with van der Waals surface area (Å²) < 4.78 is 2.32. The fourth-order valence-electron chi connectivity index (χ4n) is 4.52. The first-order valence-electron chi connectivity index (χ1n) is 11.0. The van der Waals surface area contributed by atoms with Gasteiger partial charge >= 0.3 is 0 Å². The van der Waals surface area contributed by atoms with Crippen LogP contribution in [0.15, 0.2) is 30.3 Å². The molecular formula is C24H32N4S. The molecule has 0 saturated heterocycles. The molecular weight excluding hydrogens is 376 g/mol. The summed E-state index contributed by atoms with van der Waals surface area (Å²) in [4.78, 5) is 4.10. The van der Waals surface area contributed by atoms with Crippen LogP contribution in [0.5, 0.6) is 0 Å². The van der Waals surface area contributed by atoms with Gasteiger partial charge in [-0.2, -0.15) is 0 Å². The molecule has 154 valence electrons. The SMILES string of the molecule is CC.Cc1sc2c(c1Cc1ccccc1)CN(C1CCC1)[C@@H](C)c1nnc(C)n1-2. The van der Waals surface area contributed by atoms with E-state index in [-0.39, 0.29) is 0 Å². The van der Waals surface area contributed by atoms with Crippen LogP contribution in [0.3, 0.4) is 0 Å². The maximum atomic E-state index is 4.59. The molecule has 1 aliphatic carbocycles. The molecule has 0 N–H and O–H groups in total. The molecule has 1 saturated carbocycles. The van der Waals surface area contributed by atoms with E-state index in [4.69, 9.17) is 0 Å². The summed E-state index contributed by atoms with van der Waals surface area (Å²) in [5.41, 5.74) is 4.37. The quantitative estimate of drug-likeness (QED) is 0.534. The summed E-state index contributed by atoms with van der Waals surface area (Å²) in [5.74, 6) is 2.10. The van der Waals surface area contributed by atoms with Gasteiger partial charge < -0.3 is 0 Å². The minimum Gasteiger partial charge on any atom is -0.286 e. The third-order valence-electron chi connectivity index (χ3n) is 6.33. The molecule has 3 aromatic rings. The molecule has 2 aliphatic rings. The molecule has 1 atom stereocenters. The smallest absolute Gasteiger partial charge is 0.155 e. The van der Waals surface area contributed by atoms with Crippen molar-refractivity contribution in [3.63, 3.8) is 0 Å². The molecule has 1 aliphatic heterocycles. The van der Waals surface area contributed by atoms with E-state index in [1.54, 1.807) is 0 Å². The summed E-state index contributed by atoms with van der Waals surface area (Å²) in [6, 6.07) is 11.8. The molecule has 2 aromatic heterocycles. The number of benzene rings is 1. The van der Waals surface area contributed by atoms with E-state index in [1.807, 2.05) is 25.2 Å². The first kappa shape index (κ1) is 20.3. The second-order valence-corrected chi connectivity index (χ2v) is 9.16. The third-order valence-corrected chi connectivity index (χ3v) is 7.50. The van der Waals surface area contributed by atoms with Gasteiger partial charge in [-0.15, -0.1) is 21.5 Å². The highest BCUT2D eigenvalue weighted by molar-refractivity contribution is 7.14. The maximum absolute atomic E-state index is 4.59. The molecule has 0 amide bonds. The topological polar surface area (TPSA) is 34.0 Å². The molecule has 0 spiro atoms. The van der Waals surface area contributed by atoms with Gasteiger partial charge in [0.05, 0.1) is 6.04 Å². The number of hydrogen-bond donors (Lipinski definition) is 0. The molecule has 0 radical (unpaired) electrons. The van der Waals surface area contributed by atoms with Crippen LogP contribution in [-0.2, 0) is 13.0 Å². The van der Waals surface area contributed by atoms with Gasteiger partial charge in [0, 0.05) is 23.0 Å². The number of hydrogen-bond acceptors (Lipinski definition) is 4. The zero-order valence-corrected chi connectivity index (χ0v) is 19.1. The van der Waals surface area contributed by atoms with Crippen LogP contribution in [0, 0.1) is 13.8 Å². The zero-order chi connectivity index (χ0) is 20.5. The zero-order valence-electron chi connectivity index (χ0n) is 18.3. The highest BCUT2D eigenvalue weighted by Gasteiger charge is 2.37. The van der Waals surface area contributed by atoms with Gasteiger partial charge in [-0.1, -0.05) is 50.6 Å². The fourth-order valence-corrected chi connectivity index (χ4v) is 5.75. The van der Waals surface area contributed by atoms with Crippen LogP contribution in [0.4, 0.5) is 0 Å². The van der Waals surface area contributed by atoms with E-state index in [2.05, 4.69) is 70.8 Å². The van der Waals surface area contributed by atoms with Crippen LogP contribution in [0.25, 0.3) is 5.00 Å². The number of aromatic nitrogens is 3. The minimum absolute atomic E-state index is 0.306. The second kappa shape index (κ2) is 8.41. The number of fused-ring (bicyclic) bond motifs is 3. The van der Waals surface area contributed by atoms with Crippen molar-refractivity contribution in [1.29, 1.82) is 0 Å². The van der Waals surface area contributed by atoms with Gasteiger partial charge in [-0.25, -0.2) is 0 Å². The molecule has 1 aromatic carbocycles. The van der Waals surface area contributed by atoms with Crippen LogP contribution in [-0.4, -0.2) is 25.7 Å². The third kappa shape index (κ3) is 3.55. The highest BCUT2D eigenvalue weighted by atomic mass is 32.1. The van der Waals surface area contributed by atoms with E-state index in [0.717, 1.165) is 24.6 Å². The predicted octanol–water partition coefficient (Wildman–Crippen LogP) is 5.99. The lowest BCUT2D eigenvalue weighted by Gasteiger charge is -2.40. The van der Waals surface area contributed by atoms with Crippen molar-refractivity contribution in [1.82, 2.24) is 19.7 Å². The molecule has 29 heavy (non-hydrogen) atoms. The van der Waals surface area contributed by atoms with Crippen LogP contribution >= 0.6 is 11.3 Å². The number of aryl methyl sites for hydroxylation is 2.